The Hall–Kier alpha value is -3.79. The van der Waals surface area contributed by atoms with Gasteiger partial charge in [0.05, 0.1) is 12.3 Å². The Morgan fingerprint density at radius 1 is 1.31 bits per heavy atom. The van der Waals surface area contributed by atoms with E-state index in [9.17, 15) is 10.1 Å². The average Bonchev–Trinajstić information content (AvgIpc) is 3.23. The molecule has 3 aromatic rings. The van der Waals surface area contributed by atoms with E-state index in [0.717, 1.165) is 17.0 Å². The maximum Gasteiger partial charge on any atom is 0.266 e. The van der Waals surface area contributed by atoms with Gasteiger partial charge < -0.3 is 14.6 Å². The van der Waals surface area contributed by atoms with Crippen LogP contribution < -0.4 is 10.1 Å². The quantitative estimate of drug-likeness (QED) is 0.499. The fourth-order valence-corrected chi connectivity index (χ4v) is 3.09. The van der Waals surface area contributed by atoms with Gasteiger partial charge in [-0.05, 0) is 57.5 Å². The number of benzene rings is 1. The molecule has 0 saturated carbocycles. The van der Waals surface area contributed by atoms with Crippen LogP contribution in [0.25, 0.3) is 11.9 Å². The lowest BCUT2D eigenvalue weighted by molar-refractivity contribution is -0.112. The van der Waals surface area contributed by atoms with Crippen molar-refractivity contribution < 1.29 is 14.1 Å². The lowest BCUT2D eigenvalue weighted by Crippen LogP contribution is -2.14. The summed E-state index contributed by atoms with van der Waals surface area (Å²) in [6.07, 6.45) is 1.57. The molecule has 0 fully saturated rings. The molecule has 7 nitrogen and oxygen atoms in total. The number of aryl methyl sites for hydroxylation is 2. The van der Waals surface area contributed by atoms with Gasteiger partial charge in [-0.15, -0.1) is 0 Å². The minimum Gasteiger partial charge on any atom is -0.492 e. The summed E-state index contributed by atoms with van der Waals surface area (Å²) in [5.41, 5.74) is 3.04. The van der Waals surface area contributed by atoms with Crippen LogP contribution in [0.1, 0.15) is 29.6 Å². The topological polar surface area (TPSA) is 93.1 Å². The van der Waals surface area contributed by atoms with E-state index in [1.165, 1.54) is 0 Å². The smallest absolute Gasteiger partial charge is 0.266 e. The van der Waals surface area contributed by atoms with E-state index in [0.29, 0.717) is 29.6 Å². The number of nitriles is 1. The van der Waals surface area contributed by atoms with E-state index in [1.807, 2.05) is 56.5 Å². The molecule has 0 atom stereocenters. The Bertz CT molecular complexity index is 1120. The van der Waals surface area contributed by atoms with E-state index in [4.69, 9.17) is 9.26 Å². The molecule has 2 aromatic heterocycles. The van der Waals surface area contributed by atoms with Crippen LogP contribution >= 0.6 is 0 Å². The second-order valence-electron chi connectivity index (χ2n) is 6.51. The highest BCUT2D eigenvalue weighted by atomic mass is 16.5. The van der Waals surface area contributed by atoms with Crippen molar-refractivity contribution in [3.05, 3.63) is 64.7 Å². The molecule has 0 saturated heterocycles. The van der Waals surface area contributed by atoms with Crippen LogP contribution in [0.2, 0.25) is 0 Å². The molecule has 0 bridgehead atoms. The Morgan fingerprint density at radius 3 is 2.72 bits per heavy atom. The minimum atomic E-state index is -0.498. The molecule has 29 heavy (non-hydrogen) atoms. The Kier molecular flexibility index (Phi) is 5.84. The summed E-state index contributed by atoms with van der Waals surface area (Å²) < 4.78 is 12.6. The van der Waals surface area contributed by atoms with Crippen LogP contribution in [0, 0.1) is 32.1 Å². The second-order valence-corrected chi connectivity index (χ2v) is 6.51. The molecule has 2 heterocycles. The number of nitrogens with one attached hydrogen (secondary N) is 1. The van der Waals surface area contributed by atoms with Gasteiger partial charge >= 0.3 is 0 Å². The zero-order valence-corrected chi connectivity index (χ0v) is 16.8. The van der Waals surface area contributed by atoms with Gasteiger partial charge in [0, 0.05) is 17.5 Å². The van der Waals surface area contributed by atoms with E-state index >= 15 is 0 Å². The number of amides is 1. The SMILES string of the molecule is CCOc1ccccc1NC(=O)/C(C#N)=C/c1cc(C)n(-c2cc(C)on2)c1C. The second kappa shape index (κ2) is 8.48. The monoisotopic (exact) mass is 390 g/mol. The van der Waals surface area contributed by atoms with Gasteiger partial charge in [-0.2, -0.15) is 5.26 Å². The molecule has 0 unspecified atom stereocenters. The summed E-state index contributed by atoms with van der Waals surface area (Å²) in [7, 11) is 0. The number of hydrogen-bond acceptors (Lipinski definition) is 5. The van der Waals surface area contributed by atoms with Crippen molar-refractivity contribution in [2.45, 2.75) is 27.7 Å². The number of rotatable bonds is 6. The highest BCUT2D eigenvalue weighted by molar-refractivity contribution is 6.10. The molecule has 148 valence electrons. The first-order valence-electron chi connectivity index (χ1n) is 9.22. The van der Waals surface area contributed by atoms with Crippen LogP contribution in [0.4, 0.5) is 5.69 Å². The van der Waals surface area contributed by atoms with Gasteiger partial charge in [-0.1, -0.05) is 17.3 Å². The van der Waals surface area contributed by atoms with Crippen molar-refractivity contribution in [3.63, 3.8) is 0 Å². The summed E-state index contributed by atoms with van der Waals surface area (Å²) in [6, 6.07) is 12.8. The van der Waals surface area contributed by atoms with E-state index in [2.05, 4.69) is 10.5 Å². The molecule has 0 radical (unpaired) electrons. The van der Waals surface area contributed by atoms with Gasteiger partial charge in [-0.3, -0.25) is 9.36 Å². The number of aromatic nitrogens is 2. The van der Waals surface area contributed by atoms with Crippen molar-refractivity contribution in [3.8, 4) is 17.6 Å². The molecule has 7 heteroatoms. The highest BCUT2D eigenvalue weighted by Gasteiger charge is 2.16. The predicted molar refractivity (Wildman–Crippen MR) is 110 cm³/mol. The first-order valence-corrected chi connectivity index (χ1v) is 9.22. The zero-order chi connectivity index (χ0) is 21.0. The number of anilines is 1. The van der Waals surface area contributed by atoms with Crippen molar-refractivity contribution >= 4 is 17.7 Å². The summed E-state index contributed by atoms with van der Waals surface area (Å²) in [5.74, 6) is 1.42. The number of para-hydroxylation sites is 2. The lowest BCUT2D eigenvalue weighted by Gasteiger charge is -2.10. The summed E-state index contributed by atoms with van der Waals surface area (Å²) >= 11 is 0. The Morgan fingerprint density at radius 2 is 2.07 bits per heavy atom. The van der Waals surface area contributed by atoms with Crippen molar-refractivity contribution in [2.24, 2.45) is 0 Å². The van der Waals surface area contributed by atoms with Gasteiger partial charge in [0.1, 0.15) is 23.2 Å². The maximum atomic E-state index is 12.7. The molecule has 0 aliphatic heterocycles. The molecular weight excluding hydrogens is 368 g/mol. The molecule has 0 spiro atoms. The molecule has 3 rings (SSSR count). The number of carbonyl (C=O) groups excluding carboxylic acids is 1. The zero-order valence-electron chi connectivity index (χ0n) is 16.8. The van der Waals surface area contributed by atoms with Crippen LogP contribution in [-0.4, -0.2) is 22.2 Å². The van der Waals surface area contributed by atoms with Crippen molar-refractivity contribution in [1.29, 1.82) is 5.26 Å². The molecule has 1 N–H and O–H groups in total. The molecule has 0 aliphatic rings. The van der Waals surface area contributed by atoms with E-state index in [-0.39, 0.29) is 5.57 Å². The van der Waals surface area contributed by atoms with Crippen molar-refractivity contribution in [2.75, 3.05) is 11.9 Å². The third-order valence-electron chi connectivity index (χ3n) is 4.41. The van der Waals surface area contributed by atoms with Crippen LogP contribution in [0.5, 0.6) is 5.75 Å². The van der Waals surface area contributed by atoms with Crippen LogP contribution in [0.15, 0.2) is 46.5 Å². The molecular formula is C22H22N4O3. The predicted octanol–water partition coefficient (Wildman–Crippen LogP) is 4.33. The summed E-state index contributed by atoms with van der Waals surface area (Å²) in [4.78, 5) is 12.7. The fraction of sp³-hybridized carbons (Fsp3) is 0.227. The van der Waals surface area contributed by atoms with Gasteiger partial charge in [-0.25, -0.2) is 0 Å². The standard InChI is InChI=1S/C22H22N4O3/c1-5-28-20-9-7-6-8-19(20)24-22(27)18(13-23)12-17-10-14(2)26(16(17)4)21-11-15(3)29-25-21/h6-12H,5H2,1-4H3,(H,24,27)/b18-12+. The normalized spacial score (nSPS) is 11.2. The lowest BCUT2D eigenvalue weighted by atomic mass is 10.1. The number of carbonyl (C=O) groups is 1. The summed E-state index contributed by atoms with van der Waals surface area (Å²) in [5, 5.41) is 16.4. The summed E-state index contributed by atoms with van der Waals surface area (Å²) in [6.45, 7) is 8.00. The largest absolute Gasteiger partial charge is 0.492 e. The molecule has 0 aliphatic carbocycles. The van der Waals surface area contributed by atoms with Gasteiger partial charge in [0.2, 0.25) is 0 Å². The molecule has 1 amide bonds. The first-order chi connectivity index (χ1) is 13.9. The highest BCUT2D eigenvalue weighted by Crippen LogP contribution is 2.26. The Balaban J connectivity index is 1.91. The number of hydrogen-bond donors (Lipinski definition) is 1. The maximum absolute atomic E-state index is 12.7. The minimum absolute atomic E-state index is 0.00659. The van der Waals surface area contributed by atoms with Gasteiger partial charge in [0.15, 0.2) is 5.82 Å². The van der Waals surface area contributed by atoms with Gasteiger partial charge in [0.25, 0.3) is 5.91 Å². The van der Waals surface area contributed by atoms with E-state index in [1.54, 1.807) is 24.3 Å². The third kappa shape index (κ3) is 4.22. The molecule has 1 aromatic carbocycles. The first kappa shape index (κ1) is 20.0. The van der Waals surface area contributed by atoms with Crippen molar-refractivity contribution in [1.82, 2.24) is 9.72 Å². The van der Waals surface area contributed by atoms with Crippen LogP contribution in [0.3, 0.4) is 0 Å². The third-order valence-corrected chi connectivity index (χ3v) is 4.41. The average molecular weight is 390 g/mol. The van der Waals surface area contributed by atoms with Crippen LogP contribution in [-0.2, 0) is 4.79 Å². The number of ether oxygens (including phenoxy) is 1. The Labute approximate surface area is 169 Å². The number of nitrogens with zero attached hydrogens (tertiary/aromatic N) is 3. The van der Waals surface area contributed by atoms with E-state index < -0.39 is 5.91 Å². The fourth-order valence-electron chi connectivity index (χ4n) is 3.09.